The molecule has 0 saturated heterocycles. The largest absolute Gasteiger partial charge is 0.469 e. The summed E-state index contributed by atoms with van der Waals surface area (Å²) in [6.45, 7) is 0. The molecule has 1 atom stereocenters. The minimum absolute atomic E-state index is 0.0306. The van der Waals surface area contributed by atoms with Crippen molar-refractivity contribution >= 4 is 33.7 Å². The fraction of sp³-hybridized carbons (Fsp3) is 0.303. The number of nitrogens with zero attached hydrogens (tertiary/aromatic N) is 2. The molecule has 0 aliphatic heterocycles. The average molecular weight is 551 g/mol. The van der Waals surface area contributed by atoms with Gasteiger partial charge in [-0.25, -0.2) is 4.68 Å². The third kappa shape index (κ3) is 5.29. The summed E-state index contributed by atoms with van der Waals surface area (Å²) in [5, 5.41) is 4.59. The number of carbonyl (C=O) groups is 2. The number of esters is 1. The van der Waals surface area contributed by atoms with Gasteiger partial charge < -0.3 is 15.0 Å². The van der Waals surface area contributed by atoms with Crippen molar-refractivity contribution in [2.75, 3.05) is 7.11 Å². The smallest absolute Gasteiger partial charge is 0.307 e. The van der Waals surface area contributed by atoms with E-state index in [0.717, 1.165) is 53.4 Å². The average Bonchev–Trinajstić information content (AvgIpc) is 3.55. The molecule has 41 heavy (non-hydrogen) atoms. The number of hydrogen-bond acceptors (Lipinski definition) is 4. The van der Waals surface area contributed by atoms with Gasteiger partial charge in [-0.05, 0) is 61.2 Å². The number of hydrogen-bond donors (Lipinski definition) is 2. The molecule has 1 saturated carbocycles. The molecule has 1 aliphatic rings. The number of benzene rings is 3. The molecular weight excluding hydrogens is 516 g/mol. The van der Waals surface area contributed by atoms with Gasteiger partial charge >= 0.3 is 5.97 Å². The predicted octanol–water partition coefficient (Wildman–Crippen LogP) is 5.68. The number of ether oxygens (including phenoxy) is 1. The summed E-state index contributed by atoms with van der Waals surface area (Å²) in [5.41, 5.74) is 3.86. The van der Waals surface area contributed by atoms with Gasteiger partial charge in [-0.3, -0.25) is 19.1 Å². The lowest BCUT2D eigenvalue weighted by molar-refractivity contribution is -0.141. The quantitative estimate of drug-likeness (QED) is 0.243. The molecule has 0 spiro atoms. The normalized spacial score (nSPS) is 14.8. The molecule has 1 fully saturated rings. The maximum Gasteiger partial charge on any atom is 0.307 e. The Labute approximate surface area is 237 Å². The molecule has 0 radical (unpaired) electrons. The zero-order chi connectivity index (χ0) is 28.3. The highest BCUT2D eigenvalue weighted by atomic mass is 16.5. The van der Waals surface area contributed by atoms with E-state index in [1.54, 1.807) is 16.8 Å². The minimum atomic E-state index is -0.488. The van der Waals surface area contributed by atoms with Gasteiger partial charge in [-0.1, -0.05) is 55.7 Å². The fourth-order valence-corrected chi connectivity index (χ4v) is 6.16. The van der Waals surface area contributed by atoms with Crippen molar-refractivity contribution < 1.29 is 14.3 Å². The Kier molecular flexibility index (Phi) is 7.46. The maximum atomic E-state index is 13.9. The molecule has 1 aliphatic carbocycles. The topological polar surface area (TPSA) is 98.1 Å². The van der Waals surface area contributed by atoms with Crippen LogP contribution in [0.1, 0.15) is 60.5 Å². The van der Waals surface area contributed by atoms with Gasteiger partial charge in [-0.15, -0.1) is 0 Å². The molecule has 0 bridgehead atoms. The molecule has 5 aromatic rings. The van der Waals surface area contributed by atoms with Crippen LogP contribution in [0.5, 0.6) is 0 Å². The van der Waals surface area contributed by atoms with E-state index in [2.05, 4.69) is 15.0 Å². The summed E-state index contributed by atoms with van der Waals surface area (Å²) < 4.78 is 8.81. The van der Waals surface area contributed by atoms with Gasteiger partial charge in [0.15, 0.2) is 0 Å². The third-order valence-corrected chi connectivity index (χ3v) is 8.18. The molecule has 2 N–H and O–H groups in total. The van der Waals surface area contributed by atoms with Crippen LogP contribution in [0.4, 0.5) is 0 Å². The Morgan fingerprint density at radius 1 is 0.976 bits per heavy atom. The molecule has 3 aromatic carbocycles. The number of fused-ring (bicyclic) bond motifs is 2. The van der Waals surface area contributed by atoms with Gasteiger partial charge in [0, 0.05) is 28.7 Å². The van der Waals surface area contributed by atoms with E-state index in [1.807, 2.05) is 66.9 Å². The Balaban J connectivity index is 1.34. The second-order valence-electron chi connectivity index (χ2n) is 10.8. The Morgan fingerprint density at radius 3 is 2.51 bits per heavy atom. The molecule has 0 unspecified atom stereocenters. The second kappa shape index (κ2) is 11.5. The lowest BCUT2D eigenvalue weighted by atomic mass is 9.95. The molecule has 8 heteroatoms. The van der Waals surface area contributed by atoms with Gasteiger partial charge in [-0.2, -0.15) is 0 Å². The SMILES string of the molecule is COC(=O)C[C@H](Cc1c[nH]c2ccccc12)NC(=O)c1ccc2c(c1)c(=O)n(-c1ccccc1)n2C1CCCCC1. The standard InChI is InChI=1S/C33H34N4O4/c1-41-31(38)20-24(18-23-21-34-29-15-9-8-14-27(23)29)35-32(39)22-16-17-30-28(19-22)33(40)37(26-12-6-3-7-13-26)36(30)25-10-4-2-5-11-25/h3,6-9,12-17,19,21,24-25,34H,2,4-5,10-11,18,20H2,1H3,(H,35,39)/t24-/m0/s1. The van der Waals surface area contributed by atoms with Crippen molar-refractivity contribution in [3.8, 4) is 5.69 Å². The molecule has 2 heterocycles. The van der Waals surface area contributed by atoms with E-state index >= 15 is 0 Å². The molecule has 1 amide bonds. The summed E-state index contributed by atoms with van der Waals surface area (Å²) in [7, 11) is 1.34. The first-order valence-electron chi connectivity index (χ1n) is 14.3. The lowest BCUT2D eigenvalue weighted by Gasteiger charge is -2.26. The fourth-order valence-electron chi connectivity index (χ4n) is 6.16. The van der Waals surface area contributed by atoms with Crippen LogP contribution < -0.4 is 10.9 Å². The van der Waals surface area contributed by atoms with Gasteiger partial charge in [0.25, 0.3) is 11.5 Å². The number of rotatable bonds is 8. The van der Waals surface area contributed by atoms with Crippen molar-refractivity contribution in [3.05, 3.63) is 100 Å². The zero-order valence-electron chi connectivity index (χ0n) is 23.1. The van der Waals surface area contributed by atoms with Crippen LogP contribution in [0, 0.1) is 0 Å². The van der Waals surface area contributed by atoms with E-state index in [0.29, 0.717) is 17.4 Å². The zero-order valence-corrected chi connectivity index (χ0v) is 23.1. The first kappa shape index (κ1) is 26.6. The van der Waals surface area contributed by atoms with Crippen molar-refractivity contribution in [1.82, 2.24) is 19.7 Å². The minimum Gasteiger partial charge on any atom is -0.469 e. The lowest BCUT2D eigenvalue weighted by Crippen LogP contribution is -2.38. The van der Waals surface area contributed by atoms with E-state index < -0.39 is 12.0 Å². The highest BCUT2D eigenvalue weighted by Crippen LogP contribution is 2.32. The van der Waals surface area contributed by atoms with Crippen LogP contribution in [0.25, 0.3) is 27.5 Å². The summed E-state index contributed by atoms with van der Waals surface area (Å²) in [5.74, 6) is -0.738. The van der Waals surface area contributed by atoms with Crippen LogP contribution in [0.15, 0.2) is 83.8 Å². The molecular formula is C33H34N4O4. The molecule has 2 aromatic heterocycles. The van der Waals surface area contributed by atoms with Crippen molar-refractivity contribution in [1.29, 1.82) is 0 Å². The maximum absolute atomic E-state index is 13.9. The number of para-hydroxylation sites is 2. The number of H-pyrrole nitrogens is 1. The number of methoxy groups -OCH3 is 1. The van der Waals surface area contributed by atoms with Crippen LogP contribution >= 0.6 is 0 Å². The van der Waals surface area contributed by atoms with E-state index in [9.17, 15) is 14.4 Å². The number of amides is 1. The summed E-state index contributed by atoms with van der Waals surface area (Å²) >= 11 is 0. The highest BCUT2D eigenvalue weighted by Gasteiger charge is 2.25. The first-order chi connectivity index (χ1) is 20.0. The third-order valence-electron chi connectivity index (χ3n) is 8.18. The van der Waals surface area contributed by atoms with Crippen molar-refractivity contribution in [3.63, 3.8) is 0 Å². The monoisotopic (exact) mass is 550 g/mol. The Morgan fingerprint density at radius 2 is 1.73 bits per heavy atom. The van der Waals surface area contributed by atoms with E-state index in [1.165, 1.54) is 13.5 Å². The molecule has 210 valence electrons. The van der Waals surface area contributed by atoms with Crippen LogP contribution in [0.3, 0.4) is 0 Å². The Bertz CT molecular complexity index is 1760. The highest BCUT2D eigenvalue weighted by molar-refractivity contribution is 5.98. The van der Waals surface area contributed by atoms with Crippen molar-refractivity contribution in [2.45, 2.75) is 57.0 Å². The van der Waals surface area contributed by atoms with Gasteiger partial charge in [0.05, 0.1) is 36.2 Å². The number of nitrogens with one attached hydrogen (secondary N) is 2. The number of carbonyl (C=O) groups excluding carboxylic acids is 2. The second-order valence-corrected chi connectivity index (χ2v) is 10.8. The molecule has 8 nitrogen and oxygen atoms in total. The predicted molar refractivity (Wildman–Crippen MR) is 160 cm³/mol. The van der Waals surface area contributed by atoms with E-state index in [-0.39, 0.29) is 23.9 Å². The summed E-state index contributed by atoms with van der Waals surface area (Å²) in [4.78, 5) is 42.9. The summed E-state index contributed by atoms with van der Waals surface area (Å²) in [6.07, 6.45) is 7.89. The van der Waals surface area contributed by atoms with Gasteiger partial charge in [0.2, 0.25) is 0 Å². The molecule has 6 rings (SSSR count). The Hall–Kier alpha value is -4.59. The van der Waals surface area contributed by atoms with Crippen molar-refractivity contribution in [2.24, 2.45) is 0 Å². The first-order valence-corrected chi connectivity index (χ1v) is 14.3. The van der Waals surface area contributed by atoms with E-state index in [4.69, 9.17) is 4.74 Å². The number of aromatic nitrogens is 3. The van der Waals surface area contributed by atoms with Crippen LogP contribution in [0.2, 0.25) is 0 Å². The van der Waals surface area contributed by atoms with Crippen LogP contribution in [-0.4, -0.2) is 39.4 Å². The van der Waals surface area contributed by atoms with Gasteiger partial charge in [0.1, 0.15) is 0 Å². The van der Waals surface area contributed by atoms with Crippen LogP contribution in [-0.2, 0) is 16.0 Å². The summed E-state index contributed by atoms with van der Waals surface area (Å²) in [6, 6.07) is 22.7. The number of aromatic amines is 1.